The van der Waals surface area contributed by atoms with Crippen molar-refractivity contribution in [2.24, 2.45) is 0 Å². The minimum atomic E-state index is -0.121. The number of carbonyl (C=O) groups excluding carboxylic acids is 2. The molecule has 0 spiro atoms. The summed E-state index contributed by atoms with van der Waals surface area (Å²) in [6, 6.07) is 0. The number of hydrogen-bond acceptors (Lipinski definition) is 4. The van der Waals surface area contributed by atoms with E-state index in [1.807, 2.05) is 0 Å². The minimum Gasteiger partial charge on any atom is -0.290 e. The van der Waals surface area contributed by atoms with E-state index in [1.165, 1.54) is 24.3 Å². The van der Waals surface area contributed by atoms with E-state index in [0.717, 1.165) is 0 Å². The average Bonchev–Trinajstić information content (AvgIpc) is 1.97. The van der Waals surface area contributed by atoms with Crippen molar-refractivity contribution in [2.45, 2.75) is 0 Å². The van der Waals surface area contributed by atoms with Crippen molar-refractivity contribution in [1.82, 2.24) is 0 Å². The second-order valence-electron chi connectivity index (χ2n) is 1.57. The maximum Gasteiger partial charge on any atom is 0.178 e. The van der Waals surface area contributed by atoms with Gasteiger partial charge in [-0.3, -0.25) is 9.59 Å². The van der Waals surface area contributed by atoms with E-state index in [0.29, 0.717) is 0 Å². The third-order valence-electron chi connectivity index (χ3n) is 0.824. The Morgan fingerprint density at radius 2 is 1.27 bits per heavy atom. The lowest BCUT2D eigenvalue weighted by Gasteiger charge is -1.87. The Balaban J connectivity index is 0.000000292. The predicted octanol–water partition coefficient (Wildman–Crippen LogP) is 0.919. The Labute approximate surface area is 68.9 Å². The lowest BCUT2D eigenvalue weighted by molar-refractivity contribution is -0.113. The molecule has 1 aliphatic rings. The van der Waals surface area contributed by atoms with Gasteiger partial charge in [0, 0.05) is 0 Å². The molecule has 56 valence electrons. The second kappa shape index (κ2) is 5.41. The van der Waals surface area contributed by atoms with Crippen LogP contribution in [0.15, 0.2) is 24.3 Å². The molecular weight excluding hydrogens is 162 g/mol. The van der Waals surface area contributed by atoms with E-state index < -0.39 is 0 Å². The largest absolute Gasteiger partial charge is 0.290 e. The van der Waals surface area contributed by atoms with Gasteiger partial charge in [0.2, 0.25) is 0 Å². The second-order valence-corrected chi connectivity index (χ2v) is 1.78. The molecule has 3 nitrogen and oxygen atoms in total. The smallest absolute Gasteiger partial charge is 0.178 e. The van der Waals surface area contributed by atoms with Crippen molar-refractivity contribution in [3.05, 3.63) is 24.3 Å². The molecule has 1 N–H and O–H groups in total. The molecule has 11 heavy (non-hydrogen) atoms. The lowest BCUT2D eigenvalue weighted by atomic mass is 10.2. The first-order chi connectivity index (χ1) is 5.20. The molecule has 0 radical (unpaired) electrons. The molecule has 0 saturated carbocycles. The highest BCUT2D eigenvalue weighted by atomic mass is 32.1. The molecule has 0 fully saturated rings. The van der Waals surface area contributed by atoms with Crippen LogP contribution in [0.3, 0.4) is 0 Å². The van der Waals surface area contributed by atoms with Gasteiger partial charge in [-0.15, -0.1) is 0 Å². The number of rotatable bonds is 0. The highest BCUT2D eigenvalue weighted by Gasteiger charge is 1.97. The van der Waals surface area contributed by atoms with Crippen molar-refractivity contribution in [3.63, 3.8) is 0 Å². The fraction of sp³-hybridized carbons (Fsp3) is 0. The van der Waals surface area contributed by atoms with E-state index in [1.54, 1.807) is 5.16 Å². The van der Waals surface area contributed by atoms with Crippen LogP contribution in [0.5, 0.6) is 0 Å². The maximum absolute atomic E-state index is 10.3. The first-order valence-corrected chi connectivity index (χ1v) is 3.09. The van der Waals surface area contributed by atoms with Crippen LogP contribution >= 0.6 is 12.2 Å². The molecule has 0 saturated heterocycles. The molecule has 0 aliphatic heterocycles. The fourth-order valence-electron chi connectivity index (χ4n) is 0.440. The van der Waals surface area contributed by atoms with Crippen molar-refractivity contribution >= 4 is 28.9 Å². The Hall–Kier alpha value is -1.38. The third-order valence-corrected chi connectivity index (χ3v) is 0.824. The van der Waals surface area contributed by atoms with Gasteiger partial charge in [-0.1, -0.05) is 0 Å². The first-order valence-electron chi connectivity index (χ1n) is 2.68. The lowest BCUT2D eigenvalue weighted by Crippen LogP contribution is -1.97. The van der Waals surface area contributed by atoms with Crippen molar-refractivity contribution in [2.75, 3.05) is 0 Å². The summed E-state index contributed by atoms with van der Waals surface area (Å²) in [6.45, 7) is 0. The number of allylic oxidation sites excluding steroid dienone is 4. The molecule has 0 unspecified atom stereocenters. The van der Waals surface area contributed by atoms with Gasteiger partial charge in [0.05, 0.1) is 5.16 Å². The van der Waals surface area contributed by atoms with Gasteiger partial charge in [-0.2, -0.15) is 0 Å². The highest BCUT2D eigenvalue weighted by Crippen LogP contribution is 1.90. The zero-order valence-electron chi connectivity index (χ0n) is 5.53. The zero-order valence-corrected chi connectivity index (χ0v) is 6.35. The van der Waals surface area contributed by atoms with Gasteiger partial charge in [-0.25, -0.2) is 5.41 Å². The number of isothiocyanates is 1. The predicted molar refractivity (Wildman–Crippen MR) is 43.6 cm³/mol. The molecule has 0 amide bonds. The Morgan fingerprint density at radius 3 is 1.45 bits per heavy atom. The zero-order chi connectivity index (χ0) is 8.69. The monoisotopic (exact) mass is 167 g/mol. The molecule has 0 aromatic carbocycles. The molecule has 4 heteroatoms. The van der Waals surface area contributed by atoms with Crippen molar-refractivity contribution in [1.29, 1.82) is 5.41 Å². The van der Waals surface area contributed by atoms with Crippen LogP contribution in [0.25, 0.3) is 0 Å². The molecule has 0 aromatic rings. The number of ketones is 2. The van der Waals surface area contributed by atoms with Gasteiger partial charge >= 0.3 is 0 Å². The summed E-state index contributed by atoms with van der Waals surface area (Å²) in [5.74, 6) is -0.241. The quantitative estimate of drug-likeness (QED) is 0.331. The van der Waals surface area contributed by atoms with E-state index >= 15 is 0 Å². The molecule has 0 bridgehead atoms. The Morgan fingerprint density at radius 1 is 1.09 bits per heavy atom. The van der Waals surface area contributed by atoms with Crippen LogP contribution < -0.4 is 0 Å². The molecule has 0 atom stereocenters. The first kappa shape index (κ1) is 9.62. The number of thiocarbonyl (C=S) groups is 1. The molecule has 0 aromatic heterocycles. The summed E-state index contributed by atoms with van der Waals surface area (Å²) in [5.41, 5.74) is 0. The van der Waals surface area contributed by atoms with E-state index in [4.69, 9.17) is 5.41 Å². The van der Waals surface area contributed by atoms with Gasteiger partial charge in [0.25, 0.3) is 0 Å². The summed E-state index contributed by atoms with van der Waals surface area (Å²) in [7, 11) is 0. The molecule has 1 rings (SSSR count). The van der Waals surface area contributed by atoms with Crippen LogP contribution in [-0.4, -0.2) is 16.7 Å². The standard InChI is InChI=1S/C6H4O2.CHNS/c7-5-1-2-6(8)4-3-5;2-1-3/h1-4H;2H. The normalized spacial score (nSPS) is 13.5. The summed E-state index contributed by atoms with van der Waals surface area (Å²) < 4.78 is 0. The van der Waals surface area contributed by atoms with Crippen molar-refractivity contribution in [3.8, 4) is 0 Å². The summed E-state index contributed by atoms with van der Waals surface area (Å²) in [6.07, 6.45) is 5.01. The summed E-state index contributed by atoms with van der Waals surface area (Å²) in [4.78, 5) is 20.6. The SMILES string of the molecule is N=C=S.O=C1C=CC(=O)C=C1. The van der Waals surface area contributed by atoms with Gasteiger partial charge < -0.3 is 0 Å². The van der Waals surface area contributed by atoms with Crippen molar-refractivity contribution < 1.29 is 9.59 Å². The van der Waals surface area contributed by atoms with Crippen LogP contribution in [0.2, 0.25) is 0 Å². The van der Waals surface area contributed by atoms with E-state index in [9.17, 15) is 9.59 Å². The average molecular weight is 167 g/mol. The molecule has 0 heterocycles. The molecular formula is C7H5NO2S. The van der Waals surface area contributed by atoms with Crippen LogP contribution in [0, 0.1) is 5.41 Å². The van der Waals surface area contributed by atoms with Crippen LogP contribution in [-0.2, 0) is 9.59 Å². The summed E-state index contributed by atoms with van der Waals surface area (Å²) >= 11 is 3.81. The number of carbonyl (C=O) groups is 2. The number of hydrogen-bond donors (Lipinski definition) is 1. The Bertz CT molecular complexity index is 222. The van der Waals surface area contributed by atoms with E-state index in [2.05, 4.69) is 12.2 Å². The van der Waals surface area contributed by atoms with E-state index in [-0.39, 0.29) is 11.6 Å². The third kappa shape index (κ3) is 5.08. The van der Waals surface area contributed by atoms with Crippen LogP contribution in [0.1, 0.15) is 0 Å². The fourth-order valence-corrected chi connectivity index (χ4v) is 0.440. The van der Waals surface area contributed by atoms with Crippen LogP contribution in [0.4, 0.5) is 0 Å². The van der Waals surface area contributed by atoms with Gasteiger partial charge in [-0.05, 0) is 36.5 Å². The topological polar surface area (TPSA) is 58.0 Å². The maximum atomic E-state index is 10.3. The Kier molecular flexibility index (Phi) is 4.73. The highest BCUT2D eigenvalue weighted by molar-refractivity contribution is 7.78. The minimum absolute atomic E-state index is 0.121. The van der Waals surface area contributed by atoms with Gasteiger partial charge in [0.15, 0.2) is 11.6 Å². The molecule has 1 aliphatic carbocycles. The number of nitrogens with one attached hydrogen (secondary N) is 1. The summed E-state index contributed by atoms with van der Waals surface area (Å²) in [5, 5.41) is 7.36. The van der Waals surface area contributed by atoms with Gasteiger partial charge in [0.1, 0.15) is 0 Å².